The van der Waals surface area contributed by atoms with Gasteiger partial charge in [-0.3, -0.25) is 4.79 Å². The number of benzene rings is 1. The molecular formula is C19H28N2O3S2. The first-order chi connectivity index (χ1) is 12.3. The summed E-state index contributed by atoms with van der Waals surface area (Å²) in [4.78, 5) is 14.7. The average Bonchev–Trinajstić information content (AvgIpc) is 2.61. The lowest BCUT2D eigenvalue weighted by molar-refractivity contribution is 0.103. The van der Waals surface area contributed by atoms with Crippen molar-refractivity contribution >= 4 is 34.4 Å². The fourth-order valence-corrected chi connectivity index (χ4v) is 4.62. The van der Waals surface area contributed by atoms with Crippen molar-refractivity contribution in [2.24, 2.45) is 0 Å². The van der Waals surface area contributed by atoms with Crippen LogP contribution in [-0.2, 0) is 11.2 Å². The number of Topliss-reactive ketones (excluding diaryl/α,β-unsaturated/α-hetero) is 1. The van der Waals surface area contributed by atoms with Crippen LogP contribution in [0.2, 0.25) is 0 Å². The normalized spacial score (nSPS) is 13.2. The quantitative estimate of drug-likeness (QED) is 0.137. The largest absolute Gasteiger partial charge is 0.612 e. The molecule has 1 unspecified atom stereocenters. The van der Waals surface area contributed by atoms with Gasteiger partial charge in [0.15, 0.2) is 10.8 Å². The monoisotopic (exact) mass is 396 g/mol. The number of hydrogen-bond donors (Lipinski definition) is 3. The number of carbonyl (C=O) groups is 1. The van der Waals surface area contributed by atoms with Crippen molar-refractivity contribution in [3.05, 3.63) is 34.7 Å². The Kier molecular flexibility index (Phi) is 9.25. The lowest BCUT2D eigenvalue weighted by atomic mass is 9.94. The number of ketones is 1. The van der Waals surface area contributed by atoms with Gasteiger partial charge in [-0.05, 0) is 54.4 Å². The van der Waals surface area contributed by atoms with Gasteiger partial charge in [0.1, 0.15) is 11.8 Å². The molecule has 0 aromatic heterocycles. The summed E-state index contributed by atoms with van der Waals surface area (Å²) in [5.41, 5.74) is 1.28. The second-order valence-electron chi connectivity index (χ2n) is 5.84. The Bertz CT molecular complexity index is 700. The zero-order valence-electron chi connectivity index (χ0n) is 16.1. The molecule has 7 heteroatoms. The second-order valence-corrected chi connectivity index (χ2v) is 8.46. The van der Waals surface area contributed by atoms with Crippen molar-refractivity contribution in [2.45, 2.75) is 49.8 Å². The highest BCUT2D eigenvalue weighted by Gasteiger charge is 2.26. The molecule has 0 fully saturated rings. The van der Waals surface area contributed by atoms with E-state index in [1.54, 1.807) is 30.2 Å². The zero-order valence-corrected chi connectivity index (χ0v) is 17.7. The summed E-state index contributed by atoms with van der Waals surface area (Å²) in [6.07, 6.45) is 3.72. The maximum absolute atomic E-state index is 13.1. The Morgan fingerprint density at radius 1 is 1.38 bits per heavy atom. The van der Waals surface area contributed by atoms with Crippen LogP contribution in [0.5, 0.6) is 0 Å². The molecule has 1 atom stereocenters. The van der Waals surface area contributed by atoms with Gasteiger partial charge in [-0.1, -0.05) is 20.3 Å². The molecule has 0 aliphatic carbocycles. The Labute approximate surface area is 163 Å². The smallest absolute Gasteiger partial charge is 0.200 e. The SMILES string of the molecule is CCCCC(=N)/C(C(=O)c1ccc([S+](C)[O-])c(SCC)c1C)=C(/O)NC. The van der Waals surface area contributed by atoms with Crippen molar-refractivity contribution in [1.29, 1.82) is 5.41 Å². The van der Waals surface area contributed by atoms with Gasteiger partial charge in [-0.15, -0.1) is 11.8 Å². The van der Waals surface area contributed by atoms with Crippen LogP contribution in [0.4, 0.5) is 0 Å². The van der Waals surface area contributed by atoms with Gasteiger partial charge in [0.05, 0.1) is 4.90 Å². The fraction of sp³-hybridized carbons (Fsp3) is 0.474. The van der Waals surface area contributed by atoms with Crippen LogP contribution < -0.4 is 5.32 Å². The Hall–Kier alpha value is -1.44. The van der Waals surface area contributed by atoms with E-state index in [0.29, 0.717) is 16.9 Å². The van der Waals surface area contributed by atoms with Crippen molar-refractivity contribution in [3.63, 3.8) is 0 Å². The maximum atomic E-state index is 13.1. The summed E-state index contributed by atoms with van der Waals surface area (Å²) in [5, 5.41) is 21.0. The van der Waals surface area contributed by atoms with Crippen molar-refractivity contribution in [1.82, 2.24) is 5.32 Å². The van der Waals surface area contributed by atoms with Crippen molar-refractivity contribution in [2.75, 3.05) is 19.1 Å². The van der Waals surface area contributed by atoms with E-state index in [2.05, 4.69) is 5.32 Å². The van der Waals surface area contributed by atoms with Gasteiger partial charge < -0.3 is 20.4 Å². The lowest BCUT2D eigenvalue weighted by Crippen LogP contribution is -2.22. The van der Waals surface area contributed by atoms with E-state index in [1.165, 1.54) is 7.05 Å². The number of aliphatic hydroxyl groups excluding tert-OH is 1. The molecule has 0 saturated carbocycles. The van der Waals surface area contributed by atoms with Crippen LogP contribution in [0.3, 0.4) is 0 Å². The molecule has 0 amide bonds. The Balaban J connectivity index is 3.45. The third-order valence-electron chi connectivity index (χ3n) is 4.00. The van der Waals surface area contributed by atoms with Gasteiger partial charge in [0, 0.05) is 18.3 Å². The molecular weight excluding hydrogens is 368 g/mol. The van der Waals surface area contributed by atoms with E-state index < -0.39 is 11.2 Å². The van der Waals surface area contributed by atoms with E-state index in [-0.39, 0.29) is 23.0 Å². The van der Waals surface area contributed by atoms with Crippen LogP contribution in [-0.4, -0.2) is 40.2 Å². The molecule has 5 nitrogen and oxygen atoms in total. The molecule has 0 saturated heterocycles. The number of unbranched alkanes of at least 4 members (excludes halogenated alkanes) is 1. The van der Waals surface area contributed by atoms with Crippen LogP contribution in [0.1, 0.15) is 49.0 Å². The fourth-order valence-electron chi connectivity index (χ4n) is 2.59. The maximum Gasteiger partial charge on any atom is 0.200 e. The molecule has 3 N–H and O–H groups in total. The molecule has 144 valence electrons. The minimum atomic E-state index is -1.16. The molecule has 0 radical (unpaired) electrons. The molecule has 0 aliphatic rings. The van der Waals surface area contributed by atoms with Gasteiger partial charge in [-0.2, -0.15) is 0 Å². The molecule has 0 bridgehead atoms. The van der Waals surface area contributed by atoms with E-state index in [0.717, 1.165) is 29.1 Å². The molecule has 0 spiro atoms. The molecule has 0 aliphatic heterocycles. The summed E-state index contributed by atoms with van der Waals surface area (Å²) in [6, 6.07) is 3.35. The molecule has 26 heavy (non-hydrogen) atoms. The lowest BCUT2D eigenvalue weighted by Gasteiger charge is -2.17. The highest BCUT2D eigenvalue weighted by molar-refractivity contribution is 8.00. The van der Waals surface area contributed by atoms with Crippen LogP contribution in [0, 0.1) is 12.3 Å². The number of allylic oxidation sites excluding steroid dienone is 1. The predicted molar refractivity (Wildman–Crippen MR) is 110 cm³/mol. The van der Waals surface area contributed by atoms with Crippen LogP contribution in [0.25, 0.3) is 0 Å². The highest BCUT2D eigenvalue weighted by Crippen LogP contribution is 2.33. The predicted octanol–water partition coefficient (Wildman–Crippen LogP) is 4.23. The average molecular weight is 397 g/mol. The standard InChI is InChI=1S/C19H28N2O3S2/c1-6-8-9-14(20)16(19(23)21-4)17(22)13-10-11-15(26(5)24)18(12(13)3)25-7-2/h10-11,20-21,23H,6-9H2,1-5H3/b19-16-,20-14?. The van der Waals surface area contributed by atoms with Crippen LogP contribution >= 0.6 is 11.8 Å². The van der Waals surface area contributed by atoms with E-state index in [4.69, 9.17) is 5.41 Å². The summed E-state index contributed by atoms with van der Waals surface area (Å²) >= 11 is 0.387. The highest BCUT2D eigenvalue weighted by atomic mass is 32.2. The first-order valence-corrected chi connectivity index (χ1v) is 11.2. The van der Waals surface area contributed by atoms with E-state index in [1.807, 2.05) is 20.8 Å². The molecule has 0 heterocycles. The molecule has 1 aromatic carbocycles. The number of thioether (sulfide) groups is 1. The molecule has 1 aromatic rings. The minimum absolute atomic E-state index is 0.00173. The zero-order chi connectivity index (χ0) is 19.9. The first kappa shape index (κ1) is 22.6. The number of nitrogens with one attached hydrogen (secondary N) is 2. The summed E-state index contributed by atoms with van der Waals surface area (Å²) in [7, 11) is 1.52. The number of hydrogen-bond acceptors (Lipinski definition) is 6. The third-order valence-corrected chi connectivity index (χ3v) is 6.19. The summed E-state index contributed by atoms with van der Waals surface area (Å²) in [5.74, 6) is 0.115. The second kappa shape index (κ2) is 10.6. The number of carbonyl (C=O) groups excluding carboxylic acids is 1. The third kappa shape index (κ3) is 5.28. The van der Waals surface area contributed by atoms with Crippen molar-refractivity contribution < 1.29 is 14.5 Å². The topological polar surface area (TPSA) is 96.2 Å². The summed E-state index contributed by atoms with van der Waals surface area (Å²) in [6.45, 7) is 5.84. The molecule has 1 rings (SSSR count). The number of rotatable bonds is 10. The van der Waals surface area contributed by atoms with Gasteiger partial charge >= 0.3 is 0 Å². The Morgan fingerprint density at radius 2 is 2.04 bits per heavy atom. The Morgan fingerprint density at radius 3 is 2.54 bits per heavy atom. The van der Waals surface area contributed by atoms with Gasteiger partial charge in [0.2, 0.25) is 5.78 Å². The van der Waals surface area contributed by atoms with Gasteiger partial charge in [-0.25, -0.2) is 0 Å². The van der Waals surface area contributed by atoms with E-state index in [9.17, 15) is 14.5 Å². The van der Waals surface area contributed by atoms with E-state index >= 15 is 0 Å². The van der Waals surface area contributed by atoms with Crippen molar-refractivity contribution in [3.8, 4) is 0 Å². The number of aliphatic hydroxyl groups is 1. The van der Waals surface area contributed by atoms with Crippen LogP contribution in [0.15, 0.2) is 33.4 Å². The van der Waals surface area contributed by atoms with Gasteiger partial charge in [0.25, 0.3) is 0 Å². The first-order valence-electron chi connectivity index (χ1n) is 8.63. The summed E-state index contributed by atoms with van der Waals surface area (Å²) < 4.78 is 12.0. The minimum Gasteiger partial charge on any atom is -0.612 e.